The number of halogens is 1. The first-order valence-electron chi connectivity index (χ1n) is 12.6. The highest BCUT2D eigenvalue weighted by Crippen LogP contribution is 2.38. The molecule has 1 N–H and O–H groups in total. The van der Waals surface area contributed by atoms with E-state index in [0.29, 0.717) is 5.92 Å². The number of benzene rings is 2. The van der Waals surface area contributed by atoms with Gasteiger partial charge in [0.15, 0.2) is 0 Å². The number of rotatable bonds is 7. The Bertz CT molecular complexity index is 1090. The first-order chi connectivity index (χ1) is 16.4. The van der Waals surface area contributed by atoms with E-state index in [1.54, 1.807) is 0 Å². The molecule has 2 heterocycles. The highest BCUT2D eigenvalue weighted by molar-refractivity contribution is 5.73. The maximum Gasteiger partial charge on any atom is 0.123 e. The molecule has 4 rings (SSSR count). The summed E-state index contributed by atoms with van der Waals surface area (Å²) in [5, 5.41) is 10.5. The molecular formula is C30H37FN2O. The van der Waals surface area contributed by atoms with Gasteiger partial charge >= 0.3 is 0 Å². The van der Waals surface area contributed by atoms with Crippen molar-refractivity contribution in [2.75, 3.05) is 13.1 Å². The molecule has 3 aromatic rings. The zero-order valence-corrected chi connectivity index (χ0v) is 20.9. The molecule has 0 unspecified atom stereocenters. The molecule has 180 valence electrons. The van der Waals surface area contributed by atoms with Gasteiger partial charge in [-0.05, 0) is 78.1 Å². The van der Waals surface area contributed by atoms with Crippen molar-refractivity contribution in [3.05, 3.63) is 88.5 Å². The van der Waals surface area contributed by atoms with E-state index < -0.39 is 0 Å². The molecule has 1 aliphatic rings. The van der Waals surface area contributed by atoms with Gasteiger partial charge in [-0.25, -0.2) is 4.39 Å². The van der Waals surface area contributed by atoms with E-state index in [-0.39, 0.29) is 24.3 Å². The Morgan fingerprint density at radius 2 is 1.47 bits per heavy atom. The van der Waals surface area contributed by atoms with Crippen LogP contribution in [0.25, 0.3) is 11.1 Å². The van der Waals surface area contributed by atoms with Crippen molar-refractivity contribution < 1.29 is 9.50 Å². The van der Waals surface area contributed by atoms with Crippen molar-refractivity contribution in [3.63, 3.8) is 0 Å². The van der Waals surface area contributed by atoms with E-state index in [1.807, 2.05) is 12.1 Å². The van der Waals surface area contributed by atoms with Crippen LogP contribution in [0.4, 0.5) is 4.39 Å². The summed E-state index contributed by atoms with van der Waals surface area (Å²) in [6.07, 6.45) is 2.27. The van der Waals surface area contributed by atoms with Gasteiger partial charge in [0, 0.05) is 23.5 Å². The molecule has 3 nitrogen and oxygen atoms in total. The molecule has 1 fully saturated rings. The molecule has 4 heteroatoms. The van der Waals surface area contributed by atoms with Gasteiger partial charge in [-0.3, -0.25) is 9.88 Å². The summed E-state index contributed by atoms with van der Waals surface area (Å²) in [7, 11) is 0. The maximum absolute atomic E-state index is 13.8. The quantitative estimate of drug-likeness (QED) is 0.412. The van der Waals surface area contributed by atoms with E-state index in [1.165, 1.54) is 23.3 Å². The van der Waals surface area contributed by atoms with Crippen LogP contribution in [0.5, 0.6) is 0 Å². The van der Waals surface area contributed by atoms with Crippen LogP contribution in [0.2, 0.25) is 0 Å². The monoisotopic (exact) mass is 460 g/mol. The molecule has 2 aromatic carbocycles. The largest absolute Gasteiger partial charge is 0.392 e. The molecule has 1 saturated heterocycles. The Labute approximate surface area is 203 Å². The van der Waals surface area contributed by atoms with Crippen LogP contribution >= 0.6 is 0 Å². The average molecular weight is 461 g/mol. The van der Waals surface area contributed by atoms with Crippen LogP contribution in [-0.2, 0) is 13.2 Å². The Hall–Kier alpha value is -2.56. The first kappa shape index (κ1) is 24.6. The molecule has 0 radical (unpaired) electrons. The van der Waals surface area contributed by atoms with Gasteiger partial charge < -0.3 is 5.11 Å². The molecular weight excluding hydrogens is 423 g/mol. The van der Waals surface area contributed by atoms with Gasteiger partial charge in [-0.2, -0.15) is 0 Å². The topological polar surface area (TPSA) is 36.4 Å². The molecule has 0 saturated carbocycles. The second-order valence-electron chi connectivity index (χ2n) is 10.1. The van der Waals surface area contributed by atoms with Crippen LogP contribution in [0.15, 0.2) is 54.6 Å². The number of pyridine rings is 1. The molecule has 1 aromatic heterocycles. The summed E-state index contributed by atoms with van der Waals surface area (Å²) in [6.45, 7) is 11.4. The molecule has 1 aliphatic heterocycles. The fourth-order valence-corrected chi connectivity index (χ4v) is 5.32. The number of likely N-dealkylation sites (tertiary alicyclic amines) is 1. The van der Waals surface area contributed by atoms with Crippen LogP contribution in [0.3, 0.4) is 0 Å². The third-order valence-electron chi connectivity index (χ3n) is 7.09. The van der Waals surface area contributed by atoms with Crippen molar-refractivity contribution in [1.82, 2.24) is 9.88 Å². The van der Waals surface area contributed by atoms with Crippen LogP contribution in [0, 0.1) is 5.82 Å². The predicted octanol–water partition coefficient (Wildman–Crippen LogP) is 7.01. The third-order valence-corrected chi connectivity index (χ3v) is 7.09. The number of aliphatic hydroxyl groups excluding tert-OH is 1. The SMILES string of the molecule is CC(C)c1nc(C(C)C)c(CN2CCC(c3ccccc3)CC2)c(-c2ccc(F)cc2)c1CO. The van der Waals surface area contributed by atoms with Gasteiger partial charge in [-0.1, -0.05) is 70.2 Å². The van der Waals surface area contributed by atoms with Gasteiger partial charge in [0.1, 0.15) is 5.82 Å². The third kappa shape index (κ3) is 5.24. The standard InChI is InChI=1S/C30H37FN2O/c1-20(2)29-26(18-33-16-14-23(15-17-33)22-8-6-5-7-9-22)28(24-10-12-25(31)13-11-24)27(19-34)30(32-29)21(3)4/h5-13,20-21,23,34H,14-19H2,1-4H3. The Morgan fingerprint density at radius 1 is 0.882 bits per heavy atom. The summed E-state index contributed by atoms with van der Waals surface area (Å²) >= 11 is 0. The van der Waals surface area contributed by atoms with E-state index in [0.717, 1.165) is 60.6 Å². The van der Waals surface area contributed by atoms with Crippen LogP contribution < -0.4 is 0 Å². The maximum atomic E-state index is 13.8. The first-order valence-corrected chi connectivity index (χ1v) is 12.6. The van der Waals surface area contributed by atoms with Crippen molar-refractivity contribution in [1.29, 1.82) is 0 Å². The van der Waals surface area contributed by atoms with Gasteiger partial charge in [0.25, 0.3) is 0 Å². The van der Waals surface area contributed by atoms with Gasteiger partial charge in [-0.15, -0.1) is 0 Å². The molecule has 0 bridgehead atoms. The fourth-order valence-electron chi connectivity index (χ4n) is 5.32. The number of hydrogen-bond acceptors (Lipinski definition) is 3. The number of nitrogens with zero attached hydrogens (tertiary/aromatic N) is 2. The zero-order chi connectivity index (χ0) is 24.2. The second-order valence-corrected chi connectivity index (χ2v) is 10.1. The average Bonchev–Trinajstić information content (AvgIpc) is 2.85. The van der Waals surface area contributed by atoms with Gasteiger partial charge in [0.2, 0.25) is 0 Å². The lowest BCUT2D eigenvalue weighted by molar-refractivity contribution is 0.203. The summed E-state index contributed by atoms with van der Waals surface area (Å²) < 4.78 is 13.8. The van der Waals surface area contributed by atoms with Gasteiger partial charge in [0.05, 0.1) is 6.61 Å². The van der Waals surface area contributed by atoms with Crippen molar-refractivity contribution >= 4 is 0 Å². The second kappa shape index (κ2) is 10.8. The minimum Gasteiger partial charge on any atom is -0.392 e. The summed E-state index contributed by atoms with van der Waals surface area (Å²) in [5.74, 6) is 0.796. The lowest BCUT2D eigenvalue weighted by Gasteiger charge is -2.34. The number of piperidine rings is 1. The Kier molecular flexibility index (Phi) is 7.80. The predicted molar refractivity (Wildman–Crippen MR) is 137 cm³/mol. The highest BCUT2D eigenvalue weighted by Gasteiger charge is 2.27. The molecule has 0 spiro atoms. The van der Waals surface area contributed by atoms with E-state index >= 15 is 0 Å². The lowest BCUT2D eigenvalue weighted by Crippen LogP contribution is -2.33. The van der Waals surface area contributed by atoms with Crippen LogP contribution in [-0.4, -0.2) is 28.1 Å². The summed E-state index contributed by atoms with van der Waals surface area (Å²) in [5.41, 5.74) is 7.50. The molecule has 0 atom stereocenters. The van der Waals surface area contributed by atoms with Crippen molar-refractivity contribution in [2.24, 2.45) is 0 Å². The summed E-state index contributed by atoms with van der Waals surface area (Å²) in [6, 6.07) is 17.5. The zero-order valence-electron chi connectivity index (χ0n) is 20.9. The minimum absolute atomic E-state index is 0.0747. The fraction of sp³-hybridized carbons (Fsp3) is 0.433. The molecule has 34 heavy (non-hydrogen) atoms. The number of aromatic nitrogens is 1. The Balaban J connectivity index is 1.73. The van der Waals surface area contributed by atoms with Crippen molar-refractivity contribution in [3.8, 4) is 11.1 Å². The smallest absolute Gasteiger partial charge is 0.123 e. The number of hydrogen-bond donors (Lipinski definition) is 1. The lowest BCUT2D eigenvalue weighted by atomic mass is 9.86. The molecule has 0 aliphatic carbocycles. The van der Waals surface area contributed by atoms with E-state index in [2.05, 4.69) is 62.9 Å². The Morgan fingerprint density at radius 3 is 2.03 bits per heavy atom. The van der Waals surface area contributed by atoms with Crippen LogP contribution in [0.1, 0.15) is 86.4 Å². The minimum atomic E-state index is -0.249. The molecule has 0 amide bonds. The summed E-state index contributed by atoms with van der Waals surface area (Å²) in [4.78, 5) is 7.63. The number of aliphatic hydroxyl groups is 1. The van der Waals surface area contributed by atoms with Crippen molar-refractivity contribution in [2.45, 2.75) is 71.4 Å². The van der Waals surface area contributed by atoms with E-state index in [9.17, 15) is 9.50 Å². The van der Waals surface area contributed by atoms with E-state index in [4.69, 9.17) is 4.98 Å². The normalized spacial score (nSPS) is 15.4. The highest BCUT2D eigenvalue weighted by atomic mass is 19.1.